The first-order chi connectivity index (χ1) is 9.20. The third kappa shape index (κ3) is 4.16. The molecule has 110 valence electrons. The predicted molar refractivity (Wildman–Crippen MR) is 74.9 cm³/mol. The highest BCUT2D eigenvalue weighted by atomic mass is 16.5. The molecule has 5 heteroatoms. The maximum Gasteiger partial charge on any atom is 0.222 e. The minimum atomic E-state index is 0.142. The van der Waals surface area contributed by atoms with Gasteiger partial charge in [0, 0.05) is 39.2 Å². The molecule has 2 aliphatic heterocycles. The van der Waals surface area contributed by atoms with Gasteiger partial charge in [-0.15, -0.1) is 0 Å². The molecule has 0 spiro atoms. The lowest BCUT2D eigenvalue weighted by Crippen LogP contribution is -2.51. The minimum Gasteiger partial charge on any atom is -0.379 e. The summed E-state index contributed by atoms with van der Waals surface area (Å²) in [6, 6.07) is 0.160. The molecular weight excluding hydrogens is 242 g/mol. The smallest absolute Gasteiger partial charge is 0.222 e. The summed E-state index contributed by atoms with van der Waals surface area (Å²) in [4.78, 5) is 16.3. The predicted octanol–water partition coefficient (Wildman–Crippen LogP) is 0.437. The average molecular weight is 269 g/mol. The van der Waals surface area contributed by atoms with Gasteiger partial charge in [-0.3, -0.25) is 4.79 Å². The van der Waals surface area contributed by atoms with Gasteiger partial charge in [-0.05, 0) is 38.8 Å². The Bertz CT molecular complexity index is 292. The first-order valence-electron chi connectivity index (χ1n) is 7.49. The van der Waals surface area contributed by atoms with Gasteiger partial charge < -0.3 is 20.3 Å². The fraction of sp³-hybridized carbons (Fsp3) is 0.929. The maximum atomic E-state index is 11.9. The molecular formula is C14H27N3O2. The van der Waals surface area contributed by atoms with Crippen LogP contribution in [-0.2, 0) is 9.53 Å². The van der Waals surface area contributed by atoms with Crippen LogP contribution in [0.15, 0.2) is 0 Å². The summed E-state index contributed by atoms with van der Waals surface area (Å²) in [5.74, 6) is 0.328. The molecule has 1 amide bonds. The first kappa shape index (κ1) is 14.8. The van der Waals surface area contributed by atoms with E-state index in [4.69, 9.17) is 10.5 Å². The van der Waals surface area contributed by atoms with E-state index in [1.807, 2.05) is 4.90 Å². The Kier molecular flexibility index (Phi) is 5.60. The molecule has 19 heavy (non-hydrogen) atoms. The van der Waals surface area contributed by atoms with E-state index >= 15 is 0 Å². The Balaban J connectivity index is 1.64. The Hall–Kier alpha value is -0.650. The highest BCUT2D eigenvalue weighted by molar-refractivity contribution is 5.76. The van der Waals surface area contributed by atoms with E-state index in [-0.39, 0.29) is 12.1 Å². The molecule has 0 saturated carbocycles. The Morgan fingerprint density at radius 3 is 2.74 bits per heavy atom. The normalized spacial score (nSPS) is 28.8. The van der Waals surface area contributed by atoms with E-state index in [1.54, 1.807) is 7.11 Å². The molecule has 2 atom stereocenters. The molecule has 2 rings (SSSR count). The van der Waals surface area contributed by atoms with Crippen molar-refractivity contribution in [3.63, 3.8) is 0 Å². The maximum absolute atomic E-state index is 11.9. The highest BCUT2D eigenvalue weighted by Gasteiger charge is 2.26. The molecule has 0 aliphatic carbocycles. The fourth-order valence-electron chi connectivity index (χ4n) is 3.03. The molecule has 5 nitrogen and oxygen atoms in total. The van der Waals surface area contributed by atoms with Gasteiger partial charge >= 0.3 is 0 Å². The standard InChI is InChI=1S/C14H27N3O2/c1-19-13-11-16(10-6-12(13)15)7-4-5-14(18)17-8-2-3-9-17/h12-13H,2-11,15H2,1H3/t12-,13+/m1/s1. The number of piperidine rings is 1. The summed E-state index contributed by atoms with van der Waals surface area (Å²) < 4.78 is 5.40. The topological polar surface area (TPSA) is 58.8 Å². The molecule has 2 heterocycles. The molecule has 0 aromatic carbocycles. The summed E-state index contributed by atoms with van der Waals surface area (Å²) in [6.07, 6.45) is 5.10. The van der Waals surface area contributed by atoms with Crippen LogP contribution in [-0.4, -0.2) is 67.7 Å². The van der Waals surface area contributed by atoms with Gasteiger partial charge in [-0.25, -0.2) is 0 Å². The number of carbonyl (C=O) groups is 1. The van der Waals surface area contributed by atoms with Crippen molar-refractivity contribution in [3.05, 3.63) is 0 Å². The number of rotatable bonds is 5. The van der Waals surface area contributed by atoms with Crippen LogP contribution in [0.25, 0.3) is 0 Å². The molecule has 0 unspecified atom stereocenters. The number of hydrogen-bond donors (Lipinski definition) is 1. The summed E-state index contributed by atoms with van der Waals surface area (Å²) in [5, 5.41) is 0. The van der Waals surface area contributed by atoms with Gasteiger partial charge in [0.25, 0.3) is 0 Å². The van der Waals surface area contributed by atoms with Gasteiger partial charge in [0.15, 0.2) is 0 Å². The van der Waals surface area contributed by atoms with Crippen molar-refractivity contribution < 1.29 is 9.53 Å². The highest BCUT2D eigenvalue weighted by Crippen LogP contribution is 2.14. The van der Waals surface area contributed by atoms with E-state index in [1.165, 1.54) is 12.8 Å². The zero-order valence-corrected chi connectivity index (χ0v) is 12.0. The van der Waals surface area contributed by atoms with Crippen molar-refractivity contribution in [2.75, 3.05) is 39.8 Å². The second kappa shape index (κ2) is 7.22. The Morgan fingerprint density at radius 2 is 2.05 bits per heavy atom. The summed E-state index contributed by atoms with van der Waals surface area (Å²) in [6.45, 7) is 4.83. The molecule has 2 saturated heterocycles. The number of likely N-dealkylation sites (tertiary alicyclic amines) is 2. The van der Waals surface area contributed by atoms with Crippen molar-refractivity contribution in [1.82, 2.24) is 9.80 Å². The van der Waals surface area contributed by atoms with Gasteiger partial charge in [0.2, 0.25) is 5.91 Å². The molecule has 2 fully saturated rings. The number of amides is 1. The average Bonchev–Trinajstić information content (AvgIpc) is 2.94. The lowest BCUT2D eigenvalue weighted by molar-refractivity contribution is -0.130. The van der Waals surface area contributed by atoms with Gasteiger partial charge in [0.1, 0.15) is 0 Å². The van der Waals surface area contributed by atoms with Crippen LogP contribution in [0.3, 0.4) is 0 Å². The number of methoxy groups -OCH3 is 1. The number of nitrogens with two attached hydrogens (primary N) is 1. The van der Waals surface area contributed by atoms with Crippen LogP contribution in [0, 0.1) is 0 Å². The third-order valence-corrected chi connectivity index (χ3v) is 4.32. The summed E-state index contributed by atoms with van der Waals surface area (Å²) in [7, 11) is 1.73. The second-order valence-corrected chi connectivity index (χ2v) is 5.72. The van der Waals surface area contributed by atoms with Crippen LogP contribution in [0.4, 0.5) is 0 Å². The Labute approximate surface area is 116 Å². The van der Waals surface area contributed by atoms with Gasteiger partial charge in [0.05, 0.1) is 6.10 Å². The summed E-state index contributed by atoms with van der Waals surface area (Å²) >= 11 is 0. The lowest BCUT2D eigenvalue weighted by atomic mass is 10.0. The van der Waals surface area contributed by atoms with Gasteiger partial charge in [-0.1, -0.05) is 0 Å². The number of ether oxygens (including phenoxy) is 1. The van der Waals surface area contributed by atoms with Crippen molar-refractivity contribution in [2.45, 2.75) is 44.2 Å². The molecule has 0 aromatic heterocycles. The van der Waals surface area contributed by atoms with Crippen molar-refractivity contribution in [3.8, 4) is 0 Å². The van der Waals surface area contributed by atoms with Crippen LogP contribution >= 0.6 is 0 Å². The van der Waals surface area contributed by atoms with E-state index < -0.39 is 0 Å². The lowest BCUT2D eigenvalue weighted by Gasteiger charge is -2.36. The van der Waals surface area contributed by atoms with E-state index in [9.17, 15) is 4.79 Å². The van der Waals surface area contributed by atoms with E-state index in [0.717, 1.165) is 45.6 Å². The zero-order chi connectivity index (χ0) is 13.7. The molecule has 0 bridgehead atoms. The van der Waals surface area contributed by atoms with Crippen LogP contribution in [0.1, 0.15) is 32.1 Å². The first-order valence-corrected chi connectivity index (χ1v) is 7.49. The Morgan fingerprint density at radius 1 is 1.32 bits per heavy atom. The molecule has 0 radical (unpaired) electrons. The van der Waals surface area contributed by atoms with E-state index in [0.29, 0.717) is 12.3 Å². The van der Waals surface area contributed by atoms with Gasteiger partial charge in [-0.2, -0.15) is 0 Å². The van der Waals surface area contributed by atoms with Crippen LogP contribution in [0.5, 0.6) is 0 Å². The third-order valence-electron chi connectivity index (χ3n) is 4.32. The molecule has 2 aliphatic rings. The quantitative estimate of drug-likeness (QED) is 0.786. The zero-order valence-electron chi connectivity index (χ0n) is 12.0. The molecule has 0 aromatic rings. The summed E-state index contributed by atoms with van der Waals surface area (Å²) in [5.41, 5.74) is 6.00. The monoisotopic (exact) mass is 269 g/mol. The van der Waals surface area contributed by atoms with Crippen molar-refractivity contribution in [2.24, 2.45) is 5.73 Å². The molecule has 2 N–H and O–H groups in total. The fourth-order valence-corrected chi connectivity index (χ4v) is 3.03. The van der Waals surface area contributed by atoms with Crippen LogP contribution in [0.2, 0.25) is 0 Å². The number of nitrogens with zero attached hydrogens (tertiary/aromatic N) is 2. The van der Waals surface area contributed by atoms with Crippen LogP contribution < -0.4 is 5.73 Å². The second-order valence-electron chi connectivity index (χ2n) is 5.72. The van der Waals surface area contributed by atoms with Crippen molar-refractivity contribution in [1.29, 1.82) is 0 Å². The van der Waals surface area contributed by atoms with E-state index in [2.05, 4.69) is 4.90 Å². The minimum absolute atomic E-state index is 0.142. The largest absolute Gasteiger partial charge is 0.379 e. The number of hydrogen-bond acceptors (Lipinski definition) is 4. The SMILES string of the molecule is CO[C@H]1CN(CCCC(=O)N2CCCC2)CC[C@H]1N. The van der Waals surface area contributed by atoms with Crippen molar-refractivity contribution >= 4 is 5.91 Å². The number of carbonyl (C=O) groups excluding carboxylic acids is 1.